The maximum atomic E-state index is 11.9. The highest BCUT2D eigenvalue weighted by Crippen LogP contribution is 2.13. The Morgan fingerprint density at radius 2 is 1.64 bits per heavy atom. The largest absolute Gasteiger partial charge is 0.465 e. The number of hydrogen-bond acceptors (Lipinski definition) is 4. The Bertz CT molecular complexity index is 407. The molecule has 1 unspecified atom stereocenters. The Hall–Kier alpha value is -1.42. The molecule has 0 aliphatic heterocycles. The fourth-order valence-corrected chi connectivity index (χ4v) is 2.00. The normalized spacial score (nSPS) is 13.9. The second-order valence-corrected chi connectivity index (χ2v) is 5.59. The summed E-state index contributed by atoms with van der Waals surface area (Å²) in [5, 5.41) is 8.75. The van der Waals surface area contributed by atoms with Crippen molar-refractivity contribution in [2.45, 2.75) is 59.8 Å². The van der Waals surface area contributed by atoms with Crippen molar-refractivity contribution >= 4 is 11.8 Å². The van der Waals surface area contributed by atoms with Crippen molar-refractivity contribution < 1.29 is 19.4 Å². The first-order chi connectivity index (χ1) is 10.4. The van der Waals surface area contributed by atoms with Crippen LogP contribution < -0.4 is 0 Å². The van der Waals surface area contributed by atoms with Gasteiger partial charge in [-0.15, -0.1) is 0 Å². The van der Waals surface area contributed by atoms with Crippen LogP contribution in [0.1, 0.15) is 59.8 Å². The molecule has 0 amide bonds. The molecule has 1 N–H and O–H groups in total. The van der Waals surface area contributed by atoms with Crippen molar-refractivity contribution in [2.75, 3.05) is 13.2 Å². The van der Waals surface area contributed by atoms with Crippen LogP contribution in [0, 0.1) is 5.92 Å². The standard InChI is InChI=1S/C18H30O4/c1-5-22-18(21)16(4)17(20)12-11-15(3)9-6-8-14(2)10-7-13-19/h9-10,16,19H,5-8,11-13H2,1-4H3/b14-10+,15-9+. The summed E-state index contributed by atoms with van der Waals surface area (Å²) >= 11 is 0. The van der Waals surface area contributed by atoms with Gasteiger partial charge in [-0.3, -0.25) is 9.59 Å². The van der Waals surface area contributed by atoms with Crippen molar-refractivity contribution in [2.24, 2.45) is 5.92 Å². The summed E-state index contributed by atoms with van der Waals surface area (Å²) in [5.74, 6) is -1.17. The van der Waals surface area contributed by atoms with Crippen LogP contribution in [0.15, 0.2) is 23.3 Å². The number of aliphatic hydroxyl groups is 1. The fourth-order valence-electron chi connectivity index (χ4n) is 2.00. The number of carbonyl (C=O) groups is 2. The number of ketones is 1. The van der Waals surface area contributed by atoms with Crippen LogP contribution in [0.3, 0.4) is 0 Å². The fraction of sp³-hybridized carbons (Fsp3) is 0.667. The molecule has 0 fully saturated rings. The Morgan fingerprint density at radius 3 is 2.23 bits per heavy atom. The van der Waals surface area contributed by atoms with Gasteiger partial charge < -0.3 is 9.84 Å². The van der Waals surface area contributed by atoms with Gasteiger partial charge in [0.25, 0.3) is 0 Å². The molecule has 0 saturated heterocycles. The predicted molar refractivity (Wildman–Crippen MR) is 88.5 cm³/mol. The van der Waals surface area contributed by atoms with E-state index in [0.717, 1.165) is 12.8 Å². The summed E-state index contributed by atoms with van der Waals surface area (Å²) < 4.78 is 4.86. The van der Waals surface area contributed by atoms with Gasteiger partial charge in [-0.2, -0.15) is 0 Å². The number of esters is 1. The van der Waals surface area contributed by atoms with E-state index in [9.17, 15) is 9.59 Å². The van der Waals surface area contributed by atoms with Gasteiger partial charge in [0.2, 0.25) is 0 Å². The number of rotatable bonds is 11. The molecular weight excluding hydrogens is 280 g/mol. The van der Waals surface area contributed by atoms with Gasteiger partial charge in [0, 0.05) is 13.0 Å². The first-order valence-corrected chi connectivity index (χ1v) is 8.03. The second-order valence-electron chi connectivity index (χ2n) is 5.59. The number of ether oxygens (including phenoxy) is 1. The summed E-state index contributed by atoms with van der Waals surface area (Å²) in [5.41, 5.74) is 2.43. The zero-order valence-electron chi connectivity index (χ0n) is 14.4. The molecule has 0 saturated carbocycles. The van der Waals surface area contributed by atoms with Crippen molar-refractivity contribution in [3.63, 3.8) is 0 Å². The van der Waals surface area contributed by atoms with Gasteiger partial charge in [0.05, 0.1) is 6.61 Å². The van der Waals surface area contributed by atoms with Crippen LogP contribution in [0.5, 0.6) is 0 Å². The Labute approximate surface area is 134 Å². The van der Waals surface area contributed by atoms with E-state index in [-0.39, 0.29) is 12.4 Å². The van der Waals surface area contributed by atoms with Crippen LogP contribution in [0.25, 0.3) is 0 Å². The molecule has 0 spiro atoms. The Kier molecular flexibility index (Phi) is 11.4. The molecule has 0 heterocycles. The SMILES string of the molecule is CCOC(=O)C(C)C(=O)CC/C(C)=C/CC/C(C)=C/CCO. The third-order valence-electron chi connectivity index (χ3n) is 3.54. The summed E-state index contributed by atoms with van der Waals surface area (Å²) in [7, 11) is 0. The lowest BCUT2D eigenvalue weighted by Gasteiger charge is -2.09. The van der Waals surface area contributed by atoms with Gasteiger partial charge in [-0.1, -0.05) is 23.3 Å². The van der Waals surface area contributed by atoms with E-state index in [1.807, 2.05) is 13.0 Å². The quantitative estimate of drug-likeness (QED) is 0.360. The molecule has 0 aromatic rings. The summed E-state index contributed by atoms with van der Waals surface area (Å²) in [6.45, 7) is 7.90. The van der Waals surface area contributed by atoms with E-state index in [2.05, 4.69) is 13.0 Å². The molecule has 0 radical (unpaired) electrons. The van der Waals surface area contributed by atoms with Crippen LogP contribution in [-0.2, 0) is 14.3 Å². The average Bonchev–Trinajstić information content (AvgIpc) is 2.49. The minimum Gasteiger partial charge on any atom is -0.465 e. The lowest BCUT2D eigenvalue weighted by molar-refractivity contribution is -0.150. The van der Waals surface area contributed by atoms with Crippen molar-refractivity contribution in [3.05, 3.63) is 23.3 Å². The predicted octanol–water partition coefficient (Wildman–Crippen LogP) is 3.59. The van der Waals surface area contributed by atoms with E-state index in [4.69, 9.17) is 9.84 Å². The number of aliphatic hydroxyl groups excluding tert-OH is 1. The van der Waals surface area contributed by atoms with Gasteiger partial charge in [0.1, 0.15) is 11.7 Å². The highest BCUT2D eigenvalue weighted by molar-refractivity contribution is 5.98. The maximum Gasteiger partial charge on any atom is 0.316 e. The van der Waals surface area contributed by atoms with E-state index >= 15 is 0 Å². The molecule has 0 rings (SSSR count). The molecule has 0 aromatic carbocycles. The molecule has 1 atom stereocenters. The highest BCUT2D eigenvalue weighted by atomic mass is 16.5. The first-order valence-electron chi connectivity index (χ1n) is 8.03. The zero-order valence-corrected chi connectivity index (χ0v) is 14.4. The summed E-state index contributed by atoms with van der Waals surface area (Å²) in [4.78, 5) is 23.4. The highest BCUT2D eigenvalue weighted by Gasteiger charge is 2.21. The number of Topliss-reactive ketones (excluding diaryl/α,β-unsaturated/α-hetero) is 1. The minimum absolute atomic E-state index is 0.0646. The Morgan fingerprint density at radius 1 is 1.05 bits per heavy atom. The third kappa shape index (κ3) is 9.50. The monoisotopic (exact) mass is 310 g/mol. The van der Waals surface area contributed by atoms with Crippen LogP contribution >= 0.6 is 0 Å². The van der Waals surface area contributed by atoms with Crippen molar-refractivity contribution in [1.29, 1.82) is 0 Å². The van der Waals surface area contributed by atoms with E-state index in [0.29, 0.717) is 25.9 Å². The van der Waals surface area contributed by atoms with Gasteiger partial charge in [0.15, 0.2) is 0 Å². The maximum absolute atomic E-state index is 11.9. The van der Waals surface area contributed by atoms with Crippen LogP contribution in [0.2, 0.25) is 0 Å². The van der Waals surface area contributed by atoms with Crippen LogP contribution in [0.4, 0.5) is 0 Å². The van der Waals surface area contributed by atoms with Crippen LogP contribution in [-0.4, -0.2) is 30.1 Å². The molecule has 126 valence electrons. The van der Waals surface area contributed by atoms with E-state index in [1.165, 1.54) is 11.1 Å². The molecular formula is C18H30O4. The van der Waals surface area contributed by atoms with Gasteiger partial charge in [-0.25, -0.2) is 0 Å². The van der Waals surface area contributed by atoms with E-state index < -0.39 is 11.9 Å². The number of hydrogen-bond donors (Lipinski definition) is 1. The molecule has 4 nitrogen and oxygen atoms in total. The smallest absolute Gasteiger partial charge is 0.316 e. The average molecular weight is 310 g/mol. The lowest BCUT2D eigenvalue weighted by Crippen LogP contribution is -2.23. The molecule has 0 aliphatic rings. The summed E-state index contributed by atoms with van der Waals surface area (Å²) in [6, 6.07) is 0. The molecule has 0 bridgehead atoms. The molecule has 4 heteroatoms. The number of carbonyl (C=O) groups excluding carboxylic acids is 2. The second kappa shape index (κ2) is 12.2. The van der Waals surface area contributed by atoms with Gasteiger partial charge >= 0.3 is 5.97 Å². The minimum atomic E-state index is -0.670. The van der Waals surface area contributed by atoms with Crippen molar-refractivity contribution in [3.8, 4) is 0 Å². The lowest BCUT2D eigenvalue weighted by atomic mass is 9.99. The van der Waals surface area contributed by atoms with Gasteiger partial charge in [-0.05, 0) is 53.4 Å². The Balaban J connectivity index is 4.11. The molecule has 0 aliphatic carbocycles. The topological polar surface area (TPSA) is 63.6 Å². The van der Waals surface area contributed by atoms with E-state index in [1.54, 1.807) is 13.8 Å². The molecule has 22 heavy (non-hydrogen) atoms. The number of allylic oxidation sites excluding steroid dienone is 3. The first kappa shape index (κ1) is 20.6. The summed E-state index contributed by atoms with van der Waals surface area (Å²) in [6.07, 6.45) is 7.84. The van der Waals surface area contributed by atoms with Crippen molar-refractivity contribution in [1.82, 2.24) is 0 Å². The third-order valence-corrected chi connectivity index (χ3v) is 3.54. The zero-order chi connectivity index (χ0) is 17.0. The molecule has 0 aromatic heterocycles.